The predicted molar refractivity (Wildman–Crippen MR) is 108 cm³/mol. The molecule has 1 N–H and O–H groups in total. The van der Waals surface area contributed by atoms with Crippen molar-refractivity contribution in [2.24, 2.45) is 0 Å². The van der Waals surface area contributed by atoms with E-state index in [4.69, 9.17) is 0 Å². The first-order valence-corrected chi connectivity index (χ1v) is 9.48. The Kier molecular flexibility index (Phi) is 4.59. The first-order valence-electron chi connectivity index (χ1n) is 8.69. The highest BCUT2D eigenvalue weighted by molar-refractivity contribution is 9.10. The number of halogens is 1. The molecule has 0 unspecified atom stereocenters. The average molecular weight is 411 g/mol. The SMILES string of the molecule is CC(=O)c1cnc2ccc(Br)cc2c1Nc1ccc(N2CCCC2)nc1. The van der Waals surface area contributed by atoms with Crippen LogP contribution in [0.5, 0.6) is 0 Å². The van der Waals surface area contributed by atoms with E-state index < -0.39 is 0 Å². The van der Waals surface area contributed by atoms with Crippen LogP contribution in [0.2, 0.25) is 0 Å². The zero-order valence-corrected chi connectivity index (χ0v) is 16.1. The fourth-order valence-corrected chi connectivity index (χ4v) is 3.67. The van der Waals surface area contributed by atoms with Crippen LogP contribution >= 0.6 is 15.9 Å². The zero-order valence-electron chi connectivity index (χ0n) is 14.5. The van der Waals surface area contributed by atoms with Crippen LogP contribution in [-0.2, 0) is 0 Å². The number of hydrogen-bond donors (Lipinski definition) is 1. The van der Waals surface area contributed by atoms with Crippen molar-refractivity contribution >= 4 is 49.8 Å². The van der Waals surface area contributed by atoms with Gasteiger partial charge in [-0.3, -0.25) is 9.78 Å². The third-order valence-electron chi connectivity index (χ3n) is 4.66. The number of Topliss-reactive ketones (excluding diaryl/α,β-unsaturated/α-hetero) is 1. The maximum Gasteiger partial charge on any atom is 0.163 e. The lowest BCUT2D eigenvalue weighted by atomic mass is 10.1. The van der Waals surface area contributed by atoms with Crippen LogP contribution in [0.15, 0.2) is 47.2 Å². The van der Waals surface area contributed by atoms with Crippen molar-refractivity contribution in [1.29, 1.82) is 0 Å². The van der Waals surface area contributed by atoms with Crippen molar-refractivity contribution < 1.29 is 4.79 Å². The van der Waals surface area contributed by atoms with E-state index >= 15 is 0 Å². The Morgan fingerprint density at radius 2 is 1.92 bits per heavy atom. The molecule has 0 aliphatic carbocycles. The molecule has 3 aromatic rings. The molecule has 0 radical (unpaired) electrons. The average Bonchev–Trinajstić information content (AvgIpc) is 3.17. The summed E-state index contributed by atoms with van der Waals surface area (Å²) < 4.78 is 0.943. The standard InChI is InChI=1S/C20H19BrN4O/c1-13(26)17-12-22-18-6-4-14(21)10-16(18)20(17)24-15-5-7-19(23-11-15)25-8-2-3-9-25/h4-7,10-12H,2-3,8-9H2,1H3,(H,22,24). The second kappa shape index (κ2) is 7.03. The number of nitrogens with zero attached hydrogens (tertiary/aromatic N) is 3. The number of ketones is 1. The Morgan fingerprint density at radius 1 is 1.12 bits per heavy atom. The molecule has 1 saturated heterocycles. The number of nitrogens with one attached hydrogen (secondary N) is 1. The Labute approximate surface area is 160 Å². The van der Waals surface area contributed by atoms with E-state index in [1.165, 1.54) is 12.8 Å². The number of pyridine rings is 2. The van der Waals surface area contributed by atoms with Gasteiger partial charge in [0, 0.05) is 29.1 Å². The minimum absolute atomic E-state index is 0.0245. The molecule has 1 aliphatic rings. The van der Waals surface area contributed by atoms with Gasteiger partial charge in [0.25, 0.3) is 0 Å². The van der Waals surface area contributed by atoms with Gasteiger partial charge in [-0.2, -0.15) is 0 Å². The van der Waals surface area contributed by atoms with E-state index in [0.717, 1.165) is 45.7 Å². The first-order chi connectivity index (χ1) is 12.6. The smallest absolute Gasteiger partial charge is 0.163 e. The normalized spacial score (nSPS) is 14.0. The highest BCUT2D eigenvalue weighted by atomic mass is 79.9. The Hall–Kier alpha value is -2.47. The summed E-state index contributed by atoms with van der Waals surface area (Å²) in [6.07, 6.45) is 5.90. The van der Waals surface area contributed by atoms with Gasteiger partial charge in [-0.1, -0.05) is 15.9 Å². The Morgan fingerprint density at radius 3 is 2.62 bits per heavy atom. The van der Waals surface area contributed by atoms with E-state index in [1.54, 1.807) is 13.1 Å². The van der Waals surface area contributed by atoms with Crippen molar-refractivity contribution in [3.8, 4) is 0 Å². The molecule has 1 fully saturated rings. The molecule has 132 valence electrons. The van der Waals surface area contributed by atoms with Gasteiger partial charge in [-0.05, 0) is 50.1 Å². The largest absolute Gasteiger partial charge is 0.357 e. The molecule has 0 amide bonds. The number of carbonyl (C=O) groups is 1. The topological polar surface area (TPSA) is 58.1 Å². The highest BCUT2D eigenvalue weighted by Crippen LogP contribution is 2.31. The number of carbonyl (C=O) groups excluding carboxylic acids is 1. The molecule has 0 bridgehead atoms. The summed E-state index contributed by atoms with van der Waals surface area (Å²) in [7, 11) is 0. The van der Waals surface area contributed by atoms with E-state index in [1.807, 2.05) is 36.5 Å². The molecule has 5 nitrogen and oxygen atoms in total. The van der Waals surface area contributed by atoms with E-state index in [2.05, 4.69) is 36.1 Å². The van der Waals surface area contributed by atoms with Gasteiger partial charge < -0.3 is 10.2 Å². The maximum absolute atomic E-state index is 12.1. The molecule has 4 rings (SSSR count). The minimum Gasteiger partial charge on any atom is -0.357 e. The quantitative estimate of drug-likeness (QED) is 0.617. The lowest BCUT2D eigenvalue weighted by Crippen LogP contribution is -2.18. The number of fused-ring (bicyclic) bond motifs is 1. The number of anilines is 3. The highest BCUT2D eigenvalue weighted by Gasteiger charge is 2.15. The fraction of sp³-hybridized carbons (Fsp3) is 0.250. The number of rotatable bonds is 4. The van der Waals surface area contributed by atoms with Crippen LogP contribution in [0.1, 0.15) is 30.1 Å². The maximum atomic E-state index is 12.1. The van der Waals surface area contributed by atoms with Crippen LogP contribution in [0, 0.1) is 0 Å². The summed E-state index contributed by atoms with van der Waals surface area (Å²) in [5.41, 5.74) is 3.02. The summed E-state index contributed by atoms with van der Waals surface area (Å²) in [6, 6.07) is 9.89. The number of benzene rings is 1. The van der Waals surface area contributed by atoms with E-state index in [-0.39, 0.29) is 5.78 Å². The molecule has 3 heterocycles. The summed E-state index contributed by atoms with van der Waals surface area (Å²) in [5, 5.41) is 4.28. The van der Waals surface area contributed by atoms with Gasteiger partial charge in [0.2, 0.25) is 0 Å². The van der Waals surface area contributed by atoms with Crippen LogP contribution in [0.4, 0.5) is 17.2 Å². The molecule has 6 heteroatoms. The molecule has 0 spiro atoms. The zero-order chi connectivity index (χ0) is 18.1. The Balaban J connectivity index is 1.72. The second-order valence-corrected chi connectivity index (χ2v) is 7.40. The van der Waals surface area contributed by atoms with Crippen LogP contribution in [-0.4, -0.2) is 28.8 Å². The first kappa shape index (κ1) is 17.0. The van der Waals surface area contributed by atoms with Crippen molar-refractivity contribution in [2.75, 3.05) is 23.3 Å². The molecule has 1 aliphatic heterocycles. The summed E-state index contributed by atoms with van der Waals surface area (Å²) in [4.78, 5) is 23.4. The van der Waals surface area contributed by atoms with Gasteiger partial charge in [0.05, 0.1) is 28.7 Å². The Bertz CT molecular complexity index is 965. The molecular weight excluding hydrogens is 392 g/mol. The molecule has 2 aromatic heterocycles. The second-order valence-electron chi connectivity index (χ2n) is 6.49. The van der Waals surface area contributed by atoms with Crippen molar-refractivity contribution in [3.05, 3.63) is 52.8 Å². The lowest BCUT2D eigenvalue weighted by Gasteiger charge is -2.17. The van der Waals surface area contributed by atoms with E-state index in [0.29, 0.717) is 5.56 Å². The molecule has 26 heavy (non-hydrogen) atoms. The van der Waals surface area contributed by atoms with Crippen LogP contribution < -0.4 is 10.2 Å². The third-order valence-corrected chi connectivity index (χ3v) is 5.15. The molecule has 0 atom stereocenters. The van der Waals surface area contributed by atoms with Crippen LogP contribution in [0.3, 0.4) is 0 Å². The minimum atomic E-state index is -0.0245. The summed E-state index contributed by atoms with van der Waals surface area (Å²) in [6.45, 7) is 3.69. The number of hydrogen-bond acceptors (Lipinski definition) is 5. The van der Waals surface area contributed by atoms with Gasteiger partial charge in [-0.25, -0.2) is 4.98 Å². The molecule has 0 saturated carbocycles. The monoisotopic (exact) mass is 410 g/mol. The third kappa shape index (κ3) is 3.29. The predicted octanol–water partition coefficient (Wildman–Crippen LogP) is 4.94. The van der Waals surface area contributed by atoms with Crippen molar-refractivity contribution in [3.63, 3.8) is 0 Å². The fourth-order valence-electron chi connectivity index (χ4n) is 3.30. The summed E-state index contributed by atoms with van der Waals surface area (Å²) in [5.74, 6) is 0.977. The molecular formula is C20H19BrN4O. The van der Waals surface area contributed by atoms with E-state index in [9.17, 15) is 4.79 Å². The van der Waals surface area contributed by atoms with Gasteiger partial charge in [0.1, 0.15) is 5.82 Å². The van der Waals surface area contributed by atoms with Gasteiger partial charge >= 0.3 is 0 Å². The van der Waals surface area contributed by atoms with Crippen molar-refractivity contribution in [1.82, 2.24) is 9.97 Å². The van der Waals surface area contributed by atoms with Crippen LogP contribution in [0.25, 0.3) is 10.9 Å². The summed E-state index contributed by atoms with van der Waals surface area (Å²) >= 11 is 3.50. The van der Waals surface area contributed by atoms with Gasteiger partial charge in [0.15, 0.2) is 5.78 Å². The van der Waals surface area contributed by atoms with Crippen molar-refractivity contribution in [2.45, 2.75) is 19.8 Å². The van der Waals surface area contributed by atoms with Gasteiger partial charge in [-0.15, -0.1) is 0 Å². The lowest BCUT2D eigenvalue weighted by molar-refractivity contribution is 0.101. The number of aromatic nitrogens is 2. The molecule has 1 aromatic carbocycles.